The van der Waals surface area contributed by atoms with E-state index in [1.807, 2.05) is 27.8 Å². The van der Waals surface area contributed by atoms with Crippen molar-refractivity contribution in [1.29, 1.82) is 0 Å². The normalized spacial score (nSPS) is 24.7. The number of hydrogen-bond donors (Lipinski definition) is 2. The molecule has 0 aromatic heterocycles. The van der Waals surface area contributed by atoms with E-state index in [1.54, 1.807) is 18.3 Å². The number of nitrogens with two attached hydrogens (primary N) is 1. The molecule has 2 aliphatic heterocycles. The molecule has 0 spiro atoms. The van der Waals surface area contributed by atoms with Crippen molar-refractivity contribution in [2.45, 2.75) is 58.1 Å². The van der Waals surface area contributed by atoms with Crippen molar-refractivity contribution in [2.24, 2.45) is 21.6 Å². The van der Waals surface area contributed by atoms with E-state index in [4.69, 9.17) is 15.2 Å². The van der Waals surface area contributed by atoms with Crippen LogP contribution in [0.5, 0.6) is 0 Å². The Morgan fingerprint density at radius 1 is 1.34 bits per heavy atom. The predicted octanol–water partition coefficient (Wildman–Crippen LogP) is 2.57. The topological polar surface area (TPSA) is 102 Å². The summed E-state index contributed by atoms with van der Waals surface area (Å²) in [5, 5.41) is 3.28. The van der Waals surface area contributed by atoms with Crippen molar-refractivity contribution in [3.8, 4) is 0 Å². The van der Waals surface area contributed by atoms with Gasteiger partial charge in [-0.1, -0.05) is 0 Å². The van der Waals surface area contributed by atoms with Gasteiger partial charge < -0.3 is 25.4 Å². The lowest BCUT2D eigenvalue weighted by Crippen LogP contribution is -2.39. The molecule has 8 heteroatoms. The lowest BCUT2D eigenvalue weighted by Gasteiger charge is -2.28. The molecule has 1 amide bonds. The SMILES string of the molecule is CNC1=C(/C(N)=C2/C(OC)=NC=NC2C2CC2)CN(C(=O)OC(C)(C)C)CCC1. The van der Waals surface area contributed by atoms with Crippen LogP contribution in [0.25, 0.3) is 0 Å². The number of amides is 1. The van der Waals surface area contributed by atoms with Gasteiger partial charge in [-0.15, -0.1) is 0 Å². The summed E-state index contributed by atoms with van der Waals surface area (Å²) < 4.78 is 11.1. The fourth-order valence-corrected chi connectivity index (χ4v) is 3.77. The molecule has 0 radical (unpaired) electrons. The maximum Gasteiger partial charge on any atom is 0.410 e. The van der Waals surface area contributed by atoms with E-state index in [2.05, 4.69) is 15.3 Å². The molecule has 1 unspecified atom stereocenters. The number of methoxy groups -OCH3 is 1. The standard InChI is InChI=1S/C21H33N5O3/c1-21(2,3)29-20(27)26-10-6-7-15(23-4)14(11-26)17(22)16-18(13-8-9-13)24-12-25-19(16)28-5/h12-13,18,23H,6-11,22H2,1-5H3/b17-16-. The van der Waals surface area contributed by atoms with Crippen molar-refractivity contribution in [3.05, 3.63) is 22.5 Å². The van der Waals surface area contributed by atoms with Gasteiger partial charge in [0.15, 0.2) is 0 Å². The summed E-state index contributed by atoms with van der Waals surface area (Å²) in [5.41, 5.74) is 9.53. The van der Waals surface area contributed by atoms with Gasteiger partial charge in [0.05, 0.1) is 25.3 Å². The van der Waals surface area contributed by atoms with Gasteiger partial charge in [-0.2, -0.15) is 0 Å². The Bertz CT molecular complexity index is 772. The van der Waals surface area contributed by atoms with Gasteiger partial charge in [-0.05, 0) is 52.4 Å². The highest BCUT2D eigenvalue weighted by Gasteiger charge is 2.39. The lowest BCUT2D eigenvalue weighted by molar-refractivity contribution is 0.0270. The monoisotopic (exact) mass is 403 g/mol. The molecule has 0 aromatic rings. The molecule has 0 bridgehead atoms. The Labute approximate surface area is 172 Å². The van der Waals surface area contributed by atoms with Crippen LogP contribution in [0, 0.1) is 5.92 Å². The van der Waals surface area contributed by atoms with E-state index in [9.17, 15) is 4.79 Å². The second-order valence-corrected chi connectivity index (χ2v) is 8.73. The van der Waals surface area contributed by atoms with Crippen molar-refractivity contribution >= 4 is 18.3 Å². The number of ether oxygens (including phenoxy) is 2. The zero-order valence-corrected chi connectivity index (χ0v) is 18.1. The fraction of sp³-hybridized carbons (Fsp3) is 0.667. The largest absolute Gasteiger partial charge is 0.481 e. The van der Waals surface area contributed by atoms with Crippen molar-refractivity contribution in [2.75, 3.05) is 27.2 Å². The van der Waals surface area contributed by atoms with Gasteiger partial charge in [0.1, 0.15) is 11.9 Å². The minimum absolute atomic E-state index is 0.0497. The Morgan fingerprint density at radius 2 is 2.07 bits per heavy atom. The second kappa shape index (κ2) is 8.47. The summed E-state index contributed by atoms with van der Waals surface area (Å²) in [4.78, 5) is 23.3. The molecule has 3 N–H and O–H groups in total. The van der Waals surface area contributed by atoms with E-state index in [1.165, 1.54) is 0 Å². The van der Waals surface area contributed by atoms with Gasteiger partial charge >= 0.3 is 6.09 Å². The molecule has 3 rings (SSSR count). The number of rotatable bonds is 3. The summed E-state index contributed by atoms with van der Waals surface area (Å²) in [7, 11) is 3.49. The predicted molar refractivity (Wildman–Crippen MR) is 114 cm³/mol. The molecular weight excluding hydrogens is 370 g/mol. The maximum absolute atomic E-state index is 12.7. The summed E-state index contributed by atoms with van der Waals surface area (Å²) in [6, 6.07) is -0.0497. The second-order valence-electron chi connectivity index (χ2n) is 8.73. The summed E-state index contributed by atoms with van der Waals surface area (Å²) in [5.74, 6) is 0.970. The highest BCUT2D eigenvalue weighted by molar-refractivity contribution is 6.02. The molecule has 0 saturated heterocycles. The maximum atomic E-state index is 12.7. The Kier molecular flexibility index (Phi) is 6.19. The van der Waals surface area contributed by atoms with Gasteiger partial charge in [0.25, 0.3) is 0 Å². The van der Waals surface area contributed by atoms with E-state index in [-0.39, 0.29) is 12.1 Å². The fourth-order valence-electron chi connectivity index (χ4n) is 3.77. The number of carbonyl (C=O) groups excluding carboxylic acids is 1. The lowest BCUT2D eigenvalue weighted by atomic mass is 9.95. The van der Waals surface area contributed by atoms with E-state index in [0.29, 0.717) is 30.6 Å². The zero-order valence-electron chi connectivity index (χ0n) is 18.1. The summed E-state index contributed by atoms with van der Waals surface area (Å²) in [6.07, 6.45) is 5.11. The van der Waals surface area contributed by atoms with Crippen molar-refractivity contribution < 1.29 is 14.3 Å². The van der Waals surface area contributed by atoms with E-state index < -0.39 is 5.60 Å². The number of nitrogens with one attached hydrogen (secondary N) is 1. The Hall–Kier alpha value is -2.51. The van der Waals surface area contributed by atoms with Crippen LogP contribution in [-0.4, -0.2) is 62.1 Å². The molecule has 1 saturated carbocycles. The highest BCUT2D eigenvalue weighted by Crippen LogP contribution is 2.40. The van der Waals surface area contributed by atoms with Crippen LogP contribution < -0.4 is 11.1 Å². The molecule has 2 heterocycles. The minimum atomic E-state index is -0.547. The van der Waals surface area contributed by atoms with Gasteiger partial charge in [0.2, 0.25) is 5.90 Å². The number of nitrogens with zero attached hydrogens (tertiary/aromatic N) is 3. The first-order chi connectivity index (χ1) is 13.7. The average Bonchev–Trinajstić information content (AvgIpc) is 3.51. The zero-order chi connectivity index (χ0) is 21.2. The first-order valence-corrected chi connectivity index (χ1v) is 10.3. The Balaban J connectivity index is 1.98. The van der Waals surface area contributed by atoms with Gasteiger partial charge in [-0.25, -0.2) is 9.79 Å². The number of hydrogen-bond acceptors (Lipinski definition) is 7. The summed E-state index contributed by atoms with van der Waals surface area (Å²) in [6.45, 7) is 6.60. The molecule has 0 aromatic carbocycles. The van der Waals surface area contributed by atoms with Crippen LogP contribution in [-0.2, 0) is 9.47 Å². The third-order valence-electron chi connectivity index (χ3n) is 5.33. The van der Waals surface area contributed by atoms with Gasteiger partial charge in [-0.3, -0.25) is 4.99 Å². The molecular formula is C21H33N5O3. The van der Waals surface area contributed by atoms with Crippen molar-refractivity contribution in [1.82, 2.24) is 10.2 Å². The minimum Gasteiger partial charge on any atom is -0.481 e. The Morgan fingerprint density at radius 3 is 2.66 bits per heavy atom. The number of carbonyl (C=O) groups is 1. The number of allylic oxidation sites excluding steroid dienone is 1. The van der Waals surface area contributed by atoms with E-state index in [0.717, 1.165) is 42.5 Å². The highest BCUT2D eigenvalue weighted by atomic mass is 16.6. The smallest absolute Gasteiger partial charge is 0.410 e. The number of aliphatic imine (C=N–C) groups is 2. The molecule has 29 heavy (non-hydrogen) atoms. The molecule has 1 fully saturated rings. The van der Waals surface area contributed by atoms with Crippen LogP contribution in [0.4, 0.5) is 4.79 Å². The molecule has 3 aliphatic rings. The molecule has 8 nitrogen and oxygen atoms in total. The third-order valence-corrected chi connectivity index (χ3v) is 5.33. The molecule has 1 atom stereocenters. The van der Waals surface area contributed by atoms with Crippen LogP contribution in [0.3, 0.4) is 0 Å². The first-order valence-electron chi connectivity index (χ1n) is 10.3. The van der Waals surface area contributed by atoms with Crippen LogP contribution in [0.2, 0.25) is 0 Å². The quantitative estimate of drug-likeness (QED) is 0.754. The third kappa shape index (κ3) is 4.92. The molecule has 160 valence electrons. The van der Waals surface area contributed by atoms with E-state index >= 15 is 0 Å². The van der Waals surface area contributed by atoms with Gasteiger partial charge in [0, 0.05) is 30.6 Å². The van der Waals surface area contributed by atoms with Crippen LogP contribution >= 0.6 is 0 Å². The van der Waals surface area contributed by atoms with Crippen molar-refractivity contribution in [3.63, 3.8) is 0 Å². The van der Waals surface area contributed by atoms with Crippen LogP contribution in [0.15, 0.2) is 32.5 Å². The molecule has 1 aliphatic carbocycles. The average molecular weight is 404 g/mol. The summed E-state index contributed by atoms with van der Waals surface area (Å²) >= 11 is 0. The van der Waals surface area contributed by atoms with Crippen LogP contribution in [0.1, 0.15) is 46.5 Å². The first kappa shape index (κ1) is 21.2.